The van der Waals surface area contributed by atoms with E-state index in [2.05, 4.69) is 36.3 Å². The molecule has 0 fully saturated rings. The topological polar surface area (TPSA) is 95.2 Å². The highest BCUT2D eigenvalue weighted by atomic mass is 32.2. The molecule has 1 amide bonds. The van der Waals surface area contributed by atoms with Gasteiger partial charge in [-0.05, 0) is 11.8 Å². The fourth-order valence-electron chi connectivity index (χ4n) is 1.70. The van der Waals surface area contributed by atoms with E-state index in [1.165, 1.54) is 14.1 Å². The van der Waals surface area contributed by atoms with Gasteiger partial charge in [-0.25, -0.2) is 12.7 Å². The van der Waals surface area contributed by atoms with Crippen molar-refractivity contribution in [1.82, 2.24) is 14.5 Å². The maximum atomic E-state index is 11.7. The highest BCUT2D eigenvalue weighted by molar-refractivity contribution is 7.89. The molecule has 0 saturated carbocycles. The third-order valence-corrected chi connectivity index (χ3v) is 4.60. The van der Waals surface area contributed by atoms with Gasteiger partial charge in [0.15, 0.2) is 5.82 Å². The average Bonchev–Trinajstić information content (AvgIpc) is 2.71. The van der Waals surface area contributed by atoms with E-state index in [1.807, 2.05) is 0 Å². The van der Waals surface area contributed by atoms with Crippen molar-refractivity contribution in [2.24, 2.45) is 5.41 Å². The number of H-pyrrole nitrogens is 1. The Bertz CT molecular complexity index is 585. The lowest BCUT2D eigenvalue weighted by atomic mass is 9.91. The molecule has 0 aliphatic rings. The fourth-order valence-corrected chi connectivity index (χ4v) is 2.51. The molecule has 0 aliphatic carbocycles. The minimum atomic E-state index is -3.36. The summed E-state index contributed by atoms with van der Waals surface area (Å²) in [5.74, 6) is -0.166. The summed E-state index contributed by atoms with van der Waals surface area (Å²) < 4.78 is 24.3. The van der Waals surface area contributed by atoms with E-state index in [9.17, 15) is 13.2 Å². The molecule has 120 valence electrons. The number of carbonyl (C=O) groups excluding carboxylic acids is 1. The molecule has 0 spiro atoms. The maximum absolute atomic E-state index is 11.7. The van der Waals surface area contributed by atoms with E-state index in [0.29, 0.717) is 5.82 Å². The lowest BCUT2D eigenvalue weighted by molar-refractivity contribution is -0.115. The van der Waals surface area contributed by atoms with Gasteiger partial charge >= 0.3 is 0 Å². The Labute approximate surface area is 126 Å². The van der Waals surface area contributed by atoms with E-state index in [1.54, 1.807) is 6.07 Å². The number of hydrogen-bond acceptors (Lipinski definition) is 4. The van der Waals surface area contributed by atoms with Crippen LogP contribution in [0.5, 0.6) is 0 Å². The molecule has 0 radical (unpaired) electrons. The maximum Gasteiger partial charge on any atom is 0.226 e. The number of amides is 1. The minimum absolute atomic E-state index is 0.0953. The first-order chi connectivity index (χ1) is 9.49. The molecule has 8 heteroatoms. The Kier molecular flexibility index (Phi) is 5.52. The zero-order valence-electron chi connectivity index (χ0n) is 13.2. The van der Waals surface area contributed by atoms with Gasteiger partial charge in [0, 0.05) is 32.3 Å². The van der Waals surface area contributed by atoms with Crippen LogP contribution in [0.3, 0.4) is 0 Å². The number of carbonyl (C=O) groups is 1. The van der Waals surface area contributed by atoms with Crippen LogP contribution in [0.25, 0.3) is 0 Å². The molecule has 0 aliphatic heterocycles. The number of hydrogen-bond donors (Lipinski definition) is 2. The highest BCUT2D eigenvalue weighted by Crippen LogP contribution is 2.20. The standard InChI is InChI=1S/C13H24N4O3S/c1-13(2,3)9-10-8-11(16-15-10)14-12(18)6-7-21(19,20)17(4)5/h8H,6-7,9H2,1-5H3,(H2,14,15,16,18). The van der Waals surface area contributed by atoms with Crippen LogP contribution in [0.2, 0.25) is 0 Å². The molecule has 0 atom stereocenters. The van der Waals surface area contributed by atoms with Gasteiger partial charge in [-0.1, -0.05) is 20.8 Å². The molecule has 0 bridgehead atoms. The summed E-state index contributed by atoms with van der Waals surface area (Å²) in [6, 6.07) is 1.77. The van der Waals surface area contributed by atoms with Crippen molar-refractivity contribution >= 4 is 21.7 Å². The molecule has 0 unspecified atom stereocenters. The number of anilines is 1. The summed E-state index contributed by atoms with van der Waals surface area (Å²) in [6.45, 7) is 6.33. The van der Waals surface area contributed by atoms with Crippen molar-refractivity contribution in [3.63, 3.8) is 0 Å². The predicted molar refractivity (Wildman–Crippen MR) is 82.5 cm³/mol. The van der Waals surface area contributed by atoms with Gasteiger partial charge in [0.25, 0.3) is 0 Å². The van der Waals surface area contributed by atoms with Crippen molar-refractivity contribution in [2.75, 3.05) is 25.2 Å². The number of nitrogens with one attached hydrogen (secondary N) is 2. The average molecular weight is 316 g/mol. The molecule has 1 aromatic rings. The largest absolute Gasteiger partial charge is 0.309 e. The minimum Gasteiger partial charge on any atom is -0.309 e. The molecular weight excluding hydrogens is 292 g/mol. The molecular formula is C13H24N4O3S. The summed E-state index contributed by atoms with van der Waals surface area (Å²) in [6.07, 6.45) is 0.715. The number of rotatable bonds is 6. The smallest absolute Gasteiger partial charge is 0.226 e. The summed E-state index contributed by atoms with van der Waals surface area (Å²) in [5, 5.41) is 9.47. The van der Waals surface area contributed by atoms with Crippen LogP contribution in [0.1, 0.15) is 32.9 Å². The first-order valence-corrected chi connectivity index (χ1v) is 8.35. The first-order valence-electron chi connectivity index (χ1n) is 6.74. The summed E-state index contributed by atoms with van der Waals surface area (Å²) in [7, 11) is -0.472. The van der Waals surface area contributed by atoms with Crippen LogP contribution in [-0.2, 0) is 21.2 Å². The van der Waals surface area contributed by atoms with Gasteiger partial charge in [-0.2, -0.15) is 5.10 Å². The van der Waals surface area contributed by atoms with E-state index < -0.39 is 10.0 Å². The van der Waals surface area contributed by atoms with Gasteiger partial charge in [0.2, 0.25) is 15.9 Å². The second-order valence-corrected chi connectivity index (χ2v) is 8.71. The Morgan fingerprint density at radius 2 is 2.00 bits per heavy atom. The first kappa shape index (κ1) is 17.6. The van der Waals surface area contributed by atoms with E-state index in [0.717, 1.165) is 16.4 Å². The Balaban J connectivity index is 2.53. The molecule has 0 saturated heterocycles. The third kappa shape index (κ3) is 6.26. The Hall–Kier alpha value is -1.41. The van der Waals surface area contributed by atoms with Crippen LogP contribution in [0.4, 0.5) is 5.82 Å². The van der Waals surface area contributed by atoms with E-state index in [-0.39, 0.29) is 23.5 Å². The van der Waals surface area contributed by atoms with Crippen LogP contribution in [-0.4, -0.2) is 48.7 Å². The molecule has 0 aromatic carbocycles. The van der Waals surface area contributed by atoms with Crippen LogP contribution < -0.4 is 5.32 Å². The zero-order chi connectivity index (χ0) is 16.3. The van der Waals surface area contributed by atoms with Gasteiger partial charge in [-0.3, -0.25) is 9.89 Å². The fraction of sp³-hybridized carbons (Fsp3) is 0.692. The van der Waals surface area contributed by atoms with Crippen molar-refractivity contribution in [1.29, 1.82) is 0 Å². The Morgan fingerprint density at radius 1 is 1.38 bits per heavy atom. The summed E-state index contributed by atoms with van der Waals surface area (Å²) in [4.78, 5) is 11.7. The van der Waals surface area contributed by atoms with Gasteiger partial charge in [0.05, 0.1) is 5.75 Å². The molecule has 21 heavy (non-hydrogen) atoms. The van der Waals surface area contributed by atoms with Gasteiger partial charge < -0.3 is 5.32 Å². The molecule has 1 rings (SSSR count). The number of aromatic amines is 1. The van der Waals surface area contributed by atoms with Gasteiger partial charge in [0.1, 0.15) is 0 Å². The SMILES string of the molecule is CN(C)S(=O)(=O)CCC(=O)Nc1cc(CC(C)(C)C)[nH]n1. The summed E-state index contributed by atoms with van der Waals surface area (Å²) >= 11 is 0. The highest BCUT2D eigenvalue weighted by Gasteiger charge is 2.17. The zero-order valence-corrected chi connectivity index (χ0v) is 14.0. The third-order valence-electron chi connectivity index (χ3n) is 2.76. The predicted octanol–water partition coefficient (Wildman–Crippen LogP) is 1.22. The van der Waals surface area contributed by atoms with Crippen molar-refractivity contribution < 1.29 is 13.2 Å². The van der Waals surface area contributed by atoms with Gasteiger partial charge in [-0.15, -0.1) is 0 Å². The van der Waals surface area contributed by atoms with Crippen molar-refractivity contribution in [2.45, 2.75) is 33.6 Å². The van der Waals surface area contributed by atoms with E-state index in [4.69, 9.17) is 0 Å². The molecule has 2 N–H and O–H groups in total. The van der Waals surface area contributed by atoms with Crippen LogP contribution in [0, 0.1) is 5.41 Å². The lowest BCUT2D eigenvalue weighted by Gasteiger charge is -2.15. The normalized spacial score (nSPS) is 12.7. The number of nitrogens with zero attached hydrogens (tertiary/aromatic N) is 2. The van der Waals surface area contributed by atoms with Crippen LogP contribution in [0.15, 0.2) is 6.07 Å². The quantitative estimate of drug-likeness (QED) is 0.825. The number of sulfonamides is 1. The number of aromatic nitrogens is 2. The Morgan fingerprint density at radius 3 is 2.52 bits per heavy atom. The monoisotopic (exact) mass is 316 g/mol. The molecule has 1 aromatic heterocycles. The van der Waals surface area contributed by atoms with Crippen molar-refractivity contribution in [3.05, 3.63) is 11.8 Å². The van der Waals surface area contributed by atoms with Crippen molar-refractivity contribution in [3.8, 4) is 0 Å². The second-order valence-electron chi connectivity index (χ2n) is 6.41. The van der Waals surface area contributed by atoms with E-state index >= 15 is 0 Å². The second kappa shape index (κ2) is 6.57. The molecule has 7 nitrogen and oxygen atoms in total. The van der Waals surface area contributed by atoms with Crippen LogP contribution >= 0.6 is 0 Å². The summed E-state index contributed by atoms with van der Waals surface area (Å²) in [5.41, 5.74) is 1.05. The molecule has 1 heterocycles. The lowest BCUT2D eigenvalue weighted by Crippen LogP contribution is -2.27.